The first-order chi connectivity index (χ1) is 17.5. The van der Waals surface area contributed by atoms with Crippen LogP contribution in [0.15, 0.2) is 40.3 Å². The van der Waals surface area contributed by atoms with Crippen LogP contribution in [-0.4, -0.2) is 75.3 Å². The molecule has 1 aromatic carbocycles. The molecule has 6 rings (SSSR count). The van der Waals surface area contributed by atoms with Crippen LogP contribution in [0, 0.1) is 6.92 Å². The van der Waals surface area contributed by atoms with E-state index >= 15 is 0 Å². The minimum absolute atomic E-state index is 0.165. The number of anilines is 2. The van der Waals surface area contributed by atoms with Crippen LogP contribution in [-0.2, 0) is 6.54 Å². The highest BCUT2D eigenvalue weighted by Crippen LogP contribution is 2.35. The molecule has 36 heavy (non-hydrogen) atoms. The van der Waals surface area contributed by atoms with Gasteiger partial charge in [-0.15, -0.1) is 11.3 Å². The second-order valence-corrected chi connectivity index (χ2v) is 11.5. The second-order valence-electron chi connectivity index (χ2n) is 9.62. The number of benzene rings is 1. The predicted molar refractivity (Wildman–Crippen MR) is 149 cm³/mol. The molecule has 0 saturated carbocycles. The maximum absolute atomic E-state index is 9.79. The number of thiazole rings is 1. The molecule has 2 aliphatic rings. The Kier molecular flexibility index (Phi) is 6.68. The van der Waals surface area contributed by atoms with Gasteiger partial charge in [-0.2, -0.15) is 0 Å². The zero-order valence-electron chi connectivity index (χ0n) is 20.3. The molecule has 188 valence electrons. The number of H-pyrrole nitrogens is 1. The van der Waals surface area contributed by atoms with Gasteiger partial charge in [0.25, 0.3) is 0 Å². The van der Waals surface area contributed by atoms with Gasteiger partial charge < -0.3 is 19.9 Å². The summed E-state index contributed by atoms with van der Waals surface area (Å²) in [7, 11) is 0. The SMILES string of the molecule is Cc1nc(CN2CCN(c3c(Br)cnc4[nH]c(-c5ccc(N6CCC(O)CC6)cc5)nc34)CC2)cs1. The molecule has 0 unspecified atom stereocenters. The topological polar surface area (TPSA) is 84.4 Å². The zero-order valence-corrected chi connectivity index (χ0v) is 22.7. The van der Waals surface area contributed by atoms with Crippen LogP contribution >= 0.6 is 27.3 Å². The number of piperazine rings is 1. The Morgan fingerprint density at radius 3 is 2.47 bits per heavy atom. The molecule has 2 N–H and O–H groups in total. The summed E-state index contributed by atoms with van der Waals surface area (Å²) >= 11 is 5.46. The van der Waals surface area contributed by atoms with Crippen molar-refractivity contribution >= 4 is 49.8 Å². The monoisotopic (exact) mass is 567 g/mol. The van der Waals surface area contributed by atoms with Crippen LogP contribution in [0.5, 0.6) is 0 Å². The summed E-state index contributed by atoms with van der Waals surface area (Å²) in [5.41, 5.74) is 6.21. The minimum Gasteiger partial charge on any atom is -0.393 e. The molecule has 0 bridgehead atoms. The van der Waals surface area contributed by atoms with E-state index in [1.807, 2.05) is 6.20 Å². The molecule has 4 aromatic rings. The fourth-order valence-electron chi connectivity index (χ4n) is 5.15. The van der Waals surface area contributed by atoms with Gasteiger partial charge in [0.15, 0.2) is 5.65 Å². The van der Waals surface area contributed by atoms with E-state index < -0.39 is 0 Å². The summed E-state index contributed by atoms with van der Waals surface area (Å²) < 4.78 is 0.972. The standard InChI is InChI=1S/C26H30BrN7OS/c1-17-29-19(16-36-17)15-32-10-12-34(13-11-32)24-22(27)14-28-26-23(24)30-25(31-26)18-2-4-20(5-3-18)33-8-6-21(35)7-9-33/h2-5,14,16,21,35H,6-13,15H2,1H3,(H,28,30,31). The lowest BCUT2D eigenvalue weighted by atomic mass is 10.1. The lowest BCUT2D eigenvalue weighted by molar-refractivity contribution is 0.145. The average Bonchev–Trinajstić information content (AvgIpc) is 3.51. The van der Waals surface area contributed by atoms with Gasteiger partial charge in [0, 0.05) is 68.6 Å². The number of aliphatic hydroxyl groups is 1. The summed E-state index contributed by atoms with van der Waals surface area (Å²) in [5.74, 6) is 0.829. The number of aromatic nitrogens is 4. The highest BCUT2D eigenvalue weighted by atomic mass is 79.9. The fourth-order valence-corrected chi connectivity index (χ4v) is 6.29. The van der Waals surface area contributed by atoms with E-state index in [-0.39, 0.29) is 6.10 Å². The quantitative estimate of drug-likeness (QED) is 0.369. The van der Waals surface area contributed by atoms with E-state index in [0.29, 0.717) is 0 Å². The van der Waals surface area contributed by atoms with Crippen molar-refractivity contribution in [2.24, 2.45) is 0 Å². The Morgan fingerprint density at radius 2 is 1.78 bits per heavy atom. The largest absolute Gasteiger partial charge is 0.393 e. The highest BCUT2D eigenvalue weighted by Gasteiger charge is 2.24. The number of fused-ring (bicyclic) bond motifs is 1. The molecule has 3 aromatic heterocycles. The van der Waals surface area contributed by atoms with Crippen molar-refractivity contribution < 1.29 is 5.11 Å². The Bertz CT molecular complexity index is 1340. The number of hydrogen-bond acceptors (Lipinski definition) is 8. The van der Waals surface area contributed by atoms with E-state index in [4.69, 9.17) is 4.98 Å². The van der Waals surface area contributed by atoms with Crippen LogP contribution in [0.2, 0.25) is 0 Å². The number of nitrogens with one attached hydrogen (secondary N) is 1. The number of pyridine rings is 1. The van der Waals surface area contributed by atoms with Gasteiger partial charge in [-0.3, -0.25) is 4.90 Å². The third-order valence-corrected chi connectivity index (χ3v) is 8.56. The summed E-state index contributed by atoms with van der Waals surface area (Å²) in [6.45, 7) is 8.59. The third-order valence-electron chi connectivity index (χ3n) is 7.15. The number of hydrogen-bond donors (Lipinski definition) is 2. The molecule has 0 amide bonds. The van der Waals surface area contributed by atoms with Gasteiger partial charge in [0.1, 0.15) is 11.3 Å². The number of piperidine rings is 1. The van der Waals surface area contributed by atoms with Gasteiger partial charge in [-0.1, -0.05) is 0 Å². The molecule has 10 heteroatoms. The number of halogens is 1. The van der Waals surface area contributed by atoms with E-state index in [1.54, 1.807) is 11.3 Å². The Hall–Kier alpha value is -2.53. The normalized spacial score (nSPS) is 17.9. The molecule has 0 atom stereocenters. The number of rotatable bonds is 5. The molecule has 5 heterocycles. The van der Waals surface area contributed by atoms with Gasteiger partial charge >= 0.3 is 0 Å². The first-order valence-corrected chi connectivity index (χ1v) is 14.2. The van der Waals surface area contributed by atoms with Gasteiger partial charge in [-0.25, -0.2) is 15.0 Å². The summed E-state index contributed by atoms with van der Waals surface area (Å²) in [6.07, 6.45) is 3.36. The average molecular weight is 569 g/mol. The van der Waals surface area contributed by atoms with Crippen LogP contribution in [0.25, 0.3) is 22.6 Å². The van der Waals surface area contributed by atoms with Crippen LogP contribution in [0.3, 0.4) is 0 Å². The molecule has 2 fully saturated rings. The minimum atomic E-state index is -0.165. The van der Waals surface area contributed by atoms with Crippen molar-refractivity contribution in [2.75, 3.05) is 49.1 Å². The predicted octanol–water partition coefficient (Wildman–Crippen LogP) is 4.44. The number of aryl methyl sites for hydroxylation is 1. The Balaban J connectivity index is 1.19. The number of nitrogens with zero attached hydrogens (tertiary/aromatic N) is 6. The molecule has 2 saturated heterocycles. The molecule has 0 aliphatic carbocycles. The van der Waals surface area contributed by atoms with Gasteiger partial charge in [0.2, 0.25) is 0 Å². The van der Waals surface area contributed by atoms with Gasteiger partial charge in [-0.05, 0) is 60.0 Å². The number of aromatic amines is 1. The van der Waals surface area contributed by atoms with Crippen molar-refractivity contribution in [1.29, 1.82) is 0 Å². The maximum Gasteiger partial charge on any atom is 0.159 e. The summed E-state index contributed by atoms with van der Waals surface area (Å²) in [6, 6.07) is 8.53. The first kappa shape index (κ1) is 23.8. The second kappa shape index (κ2) is 10.1. The zero-order chi connectivity index (χ0) is 24.6. The maximum atomic E-state index is 9.79. The van der Waals surface area contributed by atoms with Crippen molar-refractivity contribution in [3.05, 3.63) is 51.0 Å². The van der Waals surface area contributed by atoms with E-state index in [0.717, 1.165) is 96.4 Å². The number of aliphatic hydroxyl groups excluding tert-OH is 1. The van der Waals surface area contributed by atoms with Crippen LogP contribution < -0.4 is 9.80 Å². The van der Waals surface area contributed by atoms with Crippen molar-refractivity contribution in [3.8, 4) is 11.4 Å². The smallest absolute Gasteiger partial charge is 0.159 e. The Morgan fingerprint density at radius 1 is 1.03 bits per heavy atom. The molecule has 2 aliphatic heterocycles. The van der Waals surface area contributed by atoms with Gasteiger partial charge in [0.05, 0.1) is 27.0 Å². The molecule has 0 radical (unpaired) electrons. The van der Waals surface area contributed by atoms with Crippen molar-refractivity contribution in [1.82, 2.24) is 24.8 Å². The van der Waals surface area contributed by atoms with Crippen LogP contribution in [0.4, 0.5) is 11.4 Å². The van der Waals surface area contributed by atoms with E-state index in [9.17, 15) is 5.11 Å². The van der Waals surface area contributed by atoms with Crippen molar-refractivity contribution in [3.63, 3.8) is 0 Å². The van der Waals surface area contributed by atoms with E-state index in [2.05, 4.69) is 82.2 Å². The lowest BCUT2D eigenvalue weighted by Crippen LogP contribution is -2.46. The third kappa shape index (κ3) is 4.87. The Labute approximate surface area is 223 Å². The van der Waals surface area contributed by atoms with Crippen LogP contribution in [0.1, 0.15) is 23.5 Å². The van der Waals surface area contributed by atoms with Crippen molar-refractivity contribution in [2.45, 2.75) is 32.4 Å². The fraction of sp³-hybridized carbons (Fsp3) is 0.423. The molecular weight excluding hydrogens is 538 g/mol. The summed E-state index contributed by atoms with van der Waals surface area (Å²) in [5, 5.41) is 13.1. The molecule has 0 spiro atoms. The molecular formula is C26H30BrN7OS. The number of imidazole rings is 1. The summed E-state index contributed by atoms with van der Waals surface area (Å²) in [4.78, 5) is 24.9. The highest BCUT2D eigenvalue weighted by molar-refractivity contribution is 9.10. The molecule has 8 nitrogen and oxygen atoms in total. The first-order valence-electron chi connectivity index (χ1n) is 12.5. The lowest BCUT2D eigenvalue weighted by Gasteiger charge is -2.36. The van der Waals surface area contributed by atoms with E-state index in [1.165, 1.54) is 11.4 Å².